The summed E-state index contributed by atoms with van der Waals surface area (Å²) in [7, 11) is 0. The molecule has 0 fully saturated rings. The summed E-state index contributed by atoms with van der Waals surface area (Å²) in [6.45, 7) is 3.24. The Kier molecular flexibility index (Phi) is 2.97. The van der Waals surface area contributed by atoms with Crippen molar-refractivity contribution in [1.29, 1.82) is 0 Å². The van der Waals surface area contributed by atoms with Gasteiger partial charge in [-0.25, -0.2) is 4.98 Å². The van der Waals surface area contributed by atoms with E-state index in [-0.39, 0.29) is 0 Å². The van der Waals surface area contributed by atoms with E-state index >= 15 is 0 Å². The van der Waals surface area contributed by atoms with E-state index < -0.39 is 0 Å². The number of fused-ring (bicyclic) bond motifs is 1. The Morgan fingerprint density at radius 3 is 3.00 bits per heavy atom. The average molecular weight is 263 g/mol. The Morgan fingerprint density at radius 2 is 2.22 bits per heavy atom. The smallest absolute Gasteiger partial charge is 0.0953 e. The van der Waals surface area contributed by atoms with Crippen molar-refractivity contribution in [3.63, 3.8) is 0 Å². The van der Waals surface area contributed by atoms with E-state index in [1.807, 2.05) is 24.5 Å². The van der Waals surface area contributed by atoms with Gasteiger partial charge in [0.15, 0.2) is 0 Å². The largest absolute Gasteiger partial charge is 0.364 e. The predicted molar refractivity (Wildman–Crippen MR) is 72.6 cm³/mol. The summed E-state index contributed by atoms with van der Waals surface area (Å²) < 4.78 is 2.18. The predicted octanol–water partition coefficient (Wildman–Crippen LogP) is 2.02. The van der Waals surface area contributed by atoms with E-state index in [9.17, 15) is 0 Å². The van der Waals surface area contributed by atoms with Gasteiger partial charge < -0.3 is 15.2 Å². The number of nitrogens with two attached hydrogens (primary N) is 1. The molecule has 0 radical (unpaired) electrons. The minimum atomic E-state index is 0.492. The third-order valence-electron chi connectivity index (χ3n) is 3.35. The van der Waals surface area contributed by atoms with Crippen LogP contribution in [0.4, 0.5) is 5.69 Å². The van der Waals surface area contributed by atoms with Gasteiger partial charge in [0.25, 0.3) is 0 Å². The lowest BCUT2D eigenvalue weighted by Crippen LogP contribution is -2.33. The van der Waals surface area contributed by atoms with Gasteiger partial charge in [0.05, 0.1) is 24.3 Å². The molecule has 0 saturated heterocycles. The first kappa shape index (κ1) is 11.6. The first-order valence-electron chi connectivity index (χ1n) is 6.01. The molecule has 5 heteroatoms. The van der Waals surface area contributed by atoms with Crippen LogP contribution in [0.5, 0.6) is 0 Å². The van der Waals surface area contributed by atoms with E-state index in [0.29, 0.717) is 6.54 Å². The van der Waals surface area contributed by atoms with E-state index in [2.05, 4.69) is 20.5 Å². The molecule has 3 rings (SSSR count). The molecule has 0 unspecified atom stereocenters. The van der Waals surface area contributed by atoms with Crippen molar-refractivity contribution in [2.75, 3.05) is 11.4 Å². The molecule has 2 heterocycles. The Labute approximate surface area is 111 Å². The summed E-state index contributed by atoms with van der Waals surface area (Å²) in [4.78, 5) is 6.65. The van der Waals surface area contributed by atoms with Crippen LogP contribution in [0.1, 0.15) is 11.4 Å². The van der Waals surface area contributed by atoms with E-state index in [0.717, 1.165) is 36.0 Å². The minimum Gasteiger partial charge on any atom is -0.364 e. The molecule has 1 aromatic heterocycles. The van der Waals surface area contributed by atoms with Crippen molar-refractivity contribution in [2.45, 2.75) is 19.6 Å². The Morgan fingerprint density at radius 1 is 1.33 bits per heavy atom. The van der Waals surface area contributed by atoms with Crippen LogP contribution < -0.4 is 10.6 Å². The normalized spacial score (nSPS) is 14.7. The SMILES string of the molecule is NCc1ncn2c1CN(c1cccc(Cl)c1)CC2. The van der Waals surface area contributed by atoms with Gasteiger partial charge in [-0.15, -0.1) is 0 Å². The van der Waals surface area contributed by atoms with Gasteiger partial charge in [-0.05, 0) is 18.2 Å². The second-order valence-corrected chi connectivity index (χ2v) is 4.87. The molecule has 0 aliphatic carbocycles. The Hall–Kier alpha value is -1.52. The lowest BCUT2D eigenvalue weighted by molar-refractivity contribution is 0.568. The standard InChI is InChI=1S/C13H15ClN4/c14-10-2-1-3-11(6-10)17-4-5-18-9-16-12(7-15)13(18)8-17/h1-3,6,9H,4-5,7-8,15H2. The lowest BCUT2D eigenvalue weighted by Gasteiger charge is -2.30. The molecule has 0 saturated carbocycles. The first-order valence-corrected chi connectivity index (χ1v) is 6.39. The fraction of sp³-hybridized carbons (Fsp3) is 0.308. The monoisotopic (exact) mass is 262 g/mol. The highest BCUT2D eigenvalue weighted by atomic mass is 35.5. The van der Waals surface area contributed by atoms with Gasteiger partial charge in [-0.1, -0.05) is 17.7 Å². The lowest BCUT2D eigenvalue weighted by atomic mass is 10.2. The second kappa shape index (κ2) is 4.63. The zero-order valence-corrected chi connectivity index (χ0v) is 10.8. The second-order valence-electron chi connectivity index (χ2n) is 4.44. The molecule has 94 valence electrons. The van der Waals surface area contributed by atoms with Crippen molar-refractivity contribution in [3.8, 4) is 0 Å². The van der Waals surface area contributed by atoms with Gasteiger partial charge in [-0.3, -0.25) is 0 Å². The van der Waals surface area contributed by atoms with Gasteiger partial charge in [0.2, 0.25) is 0 Å². The number of halogens is 1. The summed E-state index contributed by atoms with van der Waals surface area (Å²) >= 11 is 6.04. The van der Waals surface area contributed by atoms with E-state index in [1.165, 1.54) is 5.69 Å². The van der Waals surface area contributed by atoms with Gasteiger partial charge in [0, 0.05) is 30.3 Å². The van der Waals surface area contributed by atoms with Crippen LogP contribution in [0.25, 0.3) is 0 Å². The van der Waals surface area contributed by atoms with Crippen LogP contribution in [0.3, 0.4) is 0 Å². The van der Waals surface area contributed by atoms with Crippen LogP contribution >= 0.6 is 11.6 Å². The fourth-order valence-corrected chi connectivity index (χ4v) is 2.56. The minimum absolute atomic E-state index is 0.492. The number of hydrogen-bond acceptors (Lipinski definition) is 3. The number of hydrogen-bond donors (Lipinski definition) is 1. The maximum Gasteiger partial charge on any atom is 0.0953 e. The summed E-state index contributed by atoms with van der Waals surface area (Å²) in [5, 5.41) is 0.769. The topological polar surface area (TPSA) is 47.1 Å². The zero-order chi connectivity index (χ0) is 12.5. The van der Waals surface area contributed by atoms with Crippen molar-refractivity contribution >= 4 is 17.3 Å². The van der Waals surface area contributed by atoms with Crippen molar-refractivity contribution in [1.82, 2.24) is 9.55 Å². The highest BCUT2D eigenvalue weighted by Gasteiger charge is 2.19. The summed E-state index contributed by atoms with van der Waals surface area (Å²) in [6, 6.07) is 7.95. The quantitative estimate of drug-likeness (QED) is 0.901. The number of imidazole rings is 1. The van der Waals surface area contributed by atoms with E-state index in [1.54, 1.807) is 0 Å². The highest BCUT2D eigenvalue weighted by molar-refractivity contribution is 6.30. The van der Waals surface area contributed by atoms with Crippen LogP contribution in [0.2, 0.25) is 5.02 Å². The molecule has 4 nitrogen and oxygen atoms in total. The number of benzene rings is 1. The molecule has 2 N–H and O–H groups in total. The summed E-state index contributed by atoms with van der Waals surface area (Å²) in [5.41, 5.74) is 9.06. The molecule has 1 aliphatic rings. The Balaban J connectivity index is 1.90. The summed E-state index contributed by atoms with van der Waals surface area (Å²) in [6.07, 6.45) is 1.88. The molecule has 0 bridgehead atoms. The van der Waals surface area contributed by atoms with Crippen LogP contribution in [-0.4, -0.2) is 16.1 Å². The average Bonchev–Trinajstić information content (AvgIpc) is 2.80. The third kappa shape index (κ3) is 1.98. The highest BCUT2D eigenvalue weighted by Crippen LogP contribution is 2.24. The number of nitrogens with zero attached hydrogens (tertiary/aromatic N) is 3. The first-order chi connectivity index (χ1) is 8.78. The molecule has 0 spiro atoms. The van der Waals surface area contributed by atoms with Crippen molar-refractivity contribution in [2.24, 2.45) is 5.73 Å². The maximum atomic E-state index is 6.04. The number of rotatable bonds is 2. The van der Waals surface area contributed by atoms with Crippen LogP contribution in [-0.2, 0) is 19.6 Å². The van der Waals surface area contributed by atoms with E-state index in [4.69, 9.17) is 17.3 Å². The molecule has 1 aliphatic heterocycles. The molecule has 0 atom stereocenters. The molecule has 18 heavy (non-hydrogen) atoms. The van der Waals surface area contributed by atoms with Crippen molar-refractivity contribution < 1.29 is 0 Å². The van der Waals surface area contributed by atoms with Crippen molar-refractivity contribution in [3.05, 3.63) is 47.0 Å². The molecule has 0 amide bonds. The van der Waals surface area contributed by atoms with Gasteiger partial charge in [0.1, 0.15) is 0 Å². The zero-order valence-electron chi connectivity index (χ0n) is 10.0. The van der Waals surface area contributed by atoms with Gasteiger partial charge in [-0.2, -0.15) is 0 Å². The molecule has 1 aromatic carbocycles. The Bertz CT molecular complexity index is 550. The molecule has 2 aromatic rings. The van der Waals surface area contributed by atoms with Crippen LogP contribution in [0, 0.1) is 0 Å². The molecular weight excluding hydrogens is 248 g/mol. The third-order valence-corrected chi connectivity index (χ3v) is 3.59. The summed E-state index contributed by atoms with van der Waals surface area (Å²) in [5.74, 6) is 0. The fourth-order valence-electron chi connectivity index (χ4n) is 2.38. The number of anilines is 1. The van der Waals surface area contributed by atoms with Crippen LogP contribution in [0.15, 0.2) is 30.6 Å². The molecular formula is C13H15ClN4. The number of aromatic nitrogens is 2. The van der Waals surface area contributed by atoms with Gasteiger partial charge >= 0.3 is 0 Å². The maximum absolute atomic E-state index is 6.04.